The summed E-state index contributed by atoms with van der Waals surface area (Å²) in [6.45, 7) is -0.0184. The summed E-state index contributed by atoms with van der Waals surface area (Å²) in [5.74, 6) is 3.14. The van der Waals surface area contributed by atoms with E-state index in [-0.39, 0.29) is 17.7 Å². The lowest BCUT2D eigenvalue weighted by Gasteiger charge is -2.06. The Morgan fingerprint density at radius 3 is 2.68 bits per heavy atom. The fourth-order valence-corrected chi connectivity index (χ4v) is 2.86. The second-order valence-corrected chi connectivity index (χ2v) is 5.53. The van der Waals surface area contributed by atoms with Crippen molar-refractivity contribution in [3.63, 3.8) is 0 Å². The number of hydrogen-bond donors (Lipinski definition) is 0. The zero-order valence-corrected chi connectivity index (χ0v) is 12.3. The van der Waals surface area contributed by atoms with E-state index in [0.717, 1.165) is 22.2 Å². The van der Waals surface area contributed by atoms with Gasteiger partial charge in [0, 0.05) is 11.6 Å². The molecule has 2 amide bonds. The van der Waals surface area contributed by atoms with Gasteiger partial charge < -0.3 is 4.42 Å². The maximum Gasteiger partial charge on any atom is 0.294 e. The number of thioether (sulfide) groups is 1. The molecule has 1 saturated heterocycles. The molecule has 4 nitrogen and oxygen atoms in total. The second kappa shape index (κ2) is 5.96. The van der Waals surface area contributed by atoms with Crippen LogP contribution in [0.1, 0.15) is 5.76 Å². The van der Waals surface area contributed by atoms with E-state index in [1.54, 1.807) is 12.1 Å². The number of nitrogens with zero attached hydrogens (tertiary/aromatic N) is 1. The first-order valence-electron chi connectivity index (χ1n) is 6.53. The van der Waals surface area contributed by atoms with Crippen LogP contribution in [0, 0.1) is 12.3 Å². The first-order valence-corrected chi connectivity index (χ1v) is 7.35. The molecule has 1 aliphatic heterocycles. The van der Waals surface area contributed by atoms with Gasteiger partial charge in [-0.25, -0.2) is 0 Å². The molecule has 5 heteroatoms. The van der Waals surface area contributed by atoms with Crippen LogP contribution in [0.25, 0.3) is 17.4 Å². The molecule has 0 radical (unpaired) electrons. The minimum absolute atomic E-state index is 0.0184. The average molecular weight is 309 g/mol. The molecule has 0 aliphatic carbocycles. The van der Waals surface area contributed by atoms with Crippen LogP contribution >= 0.6 is 11.8 Å². The molecule has 1 aromatic carbocycles. The zero-order valence-electron chi connectivity index (χ0n) is 11.5. The van der Waals surface area contributed by atoms with Crippen LogP contribution in [-0.2, 0) is 4.79 Å². The Bertz CT molecular complexity index is 799. The normalized spacial score (nSPS) is 16.3. The highest BCUT2D eigenvalue weighted by molar-refractivity contribution is 8.18. The highest BCUT2D eigenvalue weighted by Gasteiger charge is 2.34. The highest BCUT2D eigenvalue weighted by Crippen LogP contribution is 2.33. The third kappa shape index (κ3) is 2.69. The van der Waals surface area contributed by atoms with Gasteiger partial charge in [-0.3, -0.25) is 14.5 Å². The van der Waals surface area contributed by atoms with Crippen LogP contribution in [0.4, 0.5) is 4.79 Å². The van der Waals surface area contributed by atoms with Gasteiger partial charge in [0.05, 0.1) is 11.4 Å². The Balaban J connectivity index is 1.85. The number of furan rings is 1. The second-order valence-electron chi connectivity index (χ2n) is 4.54. The molecule has 0 spiro atoms. The standard InChI is InChI=1S/C17H11NO3S/c1-2-10-18-16(19)15(22-17(18)20)11-13-8-9-14(21-13)12-6-4-3-5-7-12/h1,3-9,11H,10H2/b15-11-. The molecule has 2 aromatic rings. The molecule has 0 unspecified atom stereocenters. The van der Waals surface area contributed by atoms with Crippen molar-refractivity contribution in [2.75, 3.05) is 6.54 Å². The van der Waals surface area contributed by atoms with E-state index >= 15 is 0 Å². The van der Waals surface area contributed by atoms with Gasteiger partial charge in [0.25, 0.3) is 11.1 Å². The first kappa shape index (κ1) is 14.2. The van der Waals surface area contributed by atoms with Gasteiger partial charge in [-0.05, 0) is 23.9 Å². The van der Waals surface area contributed by atoms with Crippen molar-refractivity contribution < 1.29 is 14.0 Å². The molecule has 1 fully saturated rings. The average Bonchev–Trinajstić information content (AvgIpc) is 3.09. The monoisotopic (exact) mass is 309 g/mol. The van der Waals surface area contributed by atoms with Crippen molar-refractivity contribution in [2.24, 2.45) is 0 Å². The molecule has 0 N–H and O–H groups in total. The Morgan fingerprint density at radius 2 is 1.95 bits per heavy atom. The van der Waals surface area contributed by atoms with E-state index in [1.165, 1.54) is 0 Å². The van der Waals surface area contributed by atoms with E-state index in [1.807, 2.05) is 36.4 Å². The molecule has 0 atom stereocenters. The Kier molecular flexibility index (Phi) is 3.86. The number of terminal acetylenes is 1. The predicted molar refractivity (Wildman–Crippen MR) is 85.7 cm³/mol. The van der Waals surface area contributed by atoms with Gasteiger partial charge in [0.1, 0.15) is 11.5 Å². The number of amides is 2. The Morgan fingerprint density at radius 1 is 1.18 bits per heavy atom. The van der Waals surface area contributed by atoms with Crippen molar-refractivity contribution >= 4 is 29.0 Å². The third-order valence-electron chi connectivity index (χ3n) is 3.08. The van der Waals surface area contributed by atoms with E-state index in [0.29, 0.717) is 16.4 Å². The molecule has 1 aromatic heterocycles. The zero-order chi connectivity index (χ0) is 15.5. The van der Waals surface area contributed by atoms with Crippen LogP contribution < -0.4 is 0 Å². The summed E-state index contributed by atoms with van der Waals surface area (Å²) in [5.41, 5.74) is 0.947. The summed E-state index contributed by atoms with van der Waals surface area (Å²) in [6.07, 6.45) is 6.72. The fourth-order valence-electron chi connectivity index (χ4n) is 2.04. The van der Waals surface area contributed by atoms with E-state index < -0.39 is 0 Å². The SMILES string of the molecule is C#CCN1C(=O)S/C(=C\c2ccc(-c3ccccc3)o2)C1=O. The summed E-state index contributed by atoms with van der Waals surface area (Å²) in [7, 11) is 0. The Labute approximate surface area is 131 Å². The van der Waals surface area contributed by atoms with Gasteiger partial charge in [-0.15, -0.1) is 6.42 Å². The number of imide groups is 1. The summed E-state index contributed by atoms with van der Waals surface area (Å²) in [5, 5.41) is -0.357. The topological polar surface area (TPSA) is 50.5 Å². The van der Waals surface area contributed by atoms with Gasteiger partial charge in [0.15, 0.2) is 0 Å². The molecular weight excluding hydrogens is 298 g/mol. The van der Waals surface area contributed by atoms with E-state index in [4.69, 9.17) is 10.8 Å². The minimum atomic E-state index is -0.384. The van der Waals surface area contributed by atoms with Crippen molar-refractivity contribution in [3.8, 4) is 23.7 Å². The van der Waals surface area contributed by atoms with Crippen LogP contribution in [0.5, 0.6) is 0 Å². The van der Waals surface area contributed by atoms with Crippen LogP contribution in [-0.4, -0.2) is 22.6 Å². The summed E-state index contributed by atoms with van der Waals surface area (Å²) in [4.78, 5) is 25.1. The molecule has 3 rings (SSSR count). The third-order valence-corrected chi connectivity index (χ3v) is 3.99. The van der Waals surface area contributed by atoms with Crippen LogP contribution in [0.3, 0.4) is 0 Å². The lowest BCUT2D eigenvalue weighted by atomic mass is 10.2. The molecule has 1 aliphatic rings. The number of rotatable bonds is 3. The number of benzene rings is 1. The summed E-state index contributed by atoms with van der Waals surface area (Å²) < 4.78 is 5.70. The minimum Gasteiger partial charge on any atom is -0.457 e. The lowest BCUT2D eigenvalue weighted by Crippen LogP contribution is -2.28. The van der Waals surface area contributed by atoms with Gasteiger partial charge in [-0.2, -0.15) is 0 Å². The predicted octanol–water partition coefficient (Wildman–Crippen LogP) is 3.62. The van der Waals surface area contributed by atoms with Gasteiger partial charge >= 0.3 is 0 Å². The molecule has 22 heavy (non-hydrogen) atoms. The summed E-state index contributed by atoms with van der Waals surface area (Å²) in [6, 6.07) is 13.2. The highest BCUT2D eigenvalue weighted by atomic mass is 32.2. The van der Waals surface area contributed by atoms with Crippen molar-refractivity contribution in [3.05, 3.63) is 53.1 Å². The molecule has 108 valence electrons. The number of carbonyl (C=O) groups is 2. The van der Waals surface area contributed by atoms with Crippen LogP contribution in [0.15, 0.2) is 51.8 Å². The van der Waals surface area contributed by atoms with Crippen molar-refractivity contribution in [1.29, 1.82) is 0 Å². The lowest BCUT2D eigenvalue weighted by molar-refractivity contribution is -0.122. The Hall–Kier alpha value is -2.71. The molecule has 2 heterocycles. The van der Waals surface area contributed by atoms with E-state index in [9.17, 15) is 9.59 Å². The maximum absolute atomic E-state index is 12.1. The van der Waals surface area contributed by atoms with Gasteiger partial charge in [0.2, 0.25) is 0 Å². The molecule has 0 saturated carbocycles. The molecular formula is C17H11NO3S. The molecule has 0 bridgehead atoms. The quantitative estimate of drug-likeness (QED) is 0.642. The van der Waals surface area contributed by atoms with E-state index in [2.05, 4.69) is 5.92 Å². The van der Waals surface area contributed by atoms with Crippen molar-refractivity contribution in [1.82, 2.24) is 4.90 Å². The van der Waals surface area contributed by atoms with Crippen molar-refractivity contribution in [2.45, 2.75) is 0 Å². The maximum atomic E-state index is 12.1. The van der Waals surface area contributed by atoms with Crippen LogP contribution in [0.2, 0.25) is 0 Å². The number of hydrogen-bond acceptors (Lipinski definition) is 4. The fraction of sp³-hybridized carbons (Fsp3) is 0.0588. The first-order chi connectivity index (χ1) is 10.7. The smallest absolute Gasteiger partial charge is 0.294 e. The largest absolute Gasteiger partial charge is 0.457 e. The van der Waals surface area contributed by atoms with Gasteiger partial charge in [-0.1, -0.05) is 36.3 Å². The number of carbonyl (C=O) groups excluding carboxylic acids is 2. The summed E-state index contributed by atoms with van der Waals surface area (Å²) >= 11 is 0.865.